The van der Waals surface area contributed by atoms with Gasteiger partial charge >= 0.3 is 5.69 Å². The van der Waals surface area contributed by atoms with Crippen molar-refractivity contribution >= 4 is 5.69 Å². The SMILES string of the molecule is O=c1[nH]nc(-c2cccc(N([O-])O)c2)[nH]1. The molecule has 0 aliphatic carbocycles. The second-order valence-electron chi connectivity index (χ2n) is 2.85. The minimum absolute atomic E-state index is 0.0661. The maximum absolute atomic E-state index is 10.8. The Hall–Kier alpha value is -2.12. The Morgan fingerprint density at radius 3 is 2.87 bits per heavy atom. The lowest BCUT2D eigenvalue weighted by Gasteiger charge is -2.21. The van der Waals surface area contributed by atoms with Crippen LogP contribution in [-0.4, -0.2) is 20.4 Å². The summed E-state index contributed by atoms with van der Waals surface area (Å²) in [5.74, 6) is 0.309. The van der Waals surface area contributed by atoms with Crippen LogP contribution in [0.4, 0.5) is 5.69 Å². The Morgan fingerprint density at radius 2 is 2.27 bits per heavy atom. The maximum Gasteiger partial charge on any atom is 0.340 e. The molecule has 0 unspecified atom stereocenters. The largest absolute Gasteiger partial charge is 0.733 e. The van der Waals surface area contributed by atoms with Crippen LogP contribution in [0, 0.1) is 5.21 Å². The van der Waals surface area contributed by atoms with E-state index < -0.39 is 5.69 Å². The number of hydrogen-bond acceptors (Lipinski definition) is 5. The highest BCUT2D eigenvalue weighted by molar-refractivity contribution is 5.62. The number of aromatic nitrogens is 3. The molecule has 0 saturated carbocycles. The number of nitrogens with one attached hydrogen (secondary N) is 2. The molecule has 78 valence electrons. The van der Waals surface area contributed by atoms with Gasteiger partial charge in [0.15, 0.2) is 5.82 Å². The molecule has 3 N–H and O–H groups in total. The van der Waals surface area contributed by atoms with Crippen LogP contribution < -0.4 is 10.9 Å². The molecule has 0 radical (unpaired) electrons. The van der Waals surface area contributed by atoms with E-state index in [-0.39, 0.29) is 10.9 Å². The predicted octanol–water partition coefficient (Wildman–Crippen LogP) is 0.458. The van der Waals surface area contributed by atoms with Gasteiger partial charge in [0.2, 0.25) is 0 Å². The third kappa shape index (κ3) is 1.87. The summed E-state index contributed by atoms with van der Waals surface area (Å²) in [5, 5.41) is 24.9. The van der Waals surface area contributed by atoms with Gasteiger partial charge in [-0.3, -0.25) is 10.2 Å². The van der Waals surface area contributed by atoms with E-state index in [0.717, 1.165) is 0 Å². The number of H-pyrrole nitrogens is 2. The summed E-state index contributed by atoms with van der Waals surface area (Å²) in [6.07, 6.45) is 0. The maximum atomic E-state index is 10.8. The second kappa shape index (κ2) is 3.56. The molecule has 7 heteroatoms. The van der Waals surface area contributed by atoms with Gasteiger partial charge in [0.05, 0.1) is 5.69 Å². The smallest absolute Gasteiger partial charge is 0.340 e. The standard InChI is InChI=1S/C8H7N4O3/c13-8-9-7(10-11-8)5-2-1-3-6(4-5)12(14)15/h1-4,14H,(H2,9,10,11,13)/q-1. The molecule has 2 rings (SSSR count). The summed E-state index contributed by atoms with van der Waals surface area (Å²) < 4.78 is 0. The Bertz CT molecular complexity index is 516. The fourth-order valence-electron chi connectivity index (χ4n) is 1.18. The van der Waals surface area contributed by atoms with Gasteiger partial charge in [-0.25, -0.2) is 9.89 Å². The molecule has 2 aromatic rings. The number of benzene rings is 1. The molecule has 0 spiro atoms. The van der Waals surface area contributed by atoms with Gasteiger partial charge in [-0.05, 0) is 12.1 Å². The highest BCUT2D eigenvalue weighted by Crippen LogP contribution is 2.19. The van der Waals surface area contributed by atoms with Crippen molar-refractivity contribution in [3.63, 3.8) is 0 Å². The van der Waals surface area contributed by atoms with E-state index in [2.05, 4.69) is 15.2 Å². The third-order valence-corrected chi connectivity index (χ3v) is 1.84. The van der Waals surface area contributed by atoms with E-state index in [4.69, 9.17) is 5.21 Å². The van der Waals surface area contributed by atoms with E-state index in [1.807, 2.05) is 0 Å². The summed E-state index contributed by atoms with van der Waals surface area (Å²) in [6, 6.07) is 6.05. The molecule has 1 aromatic heterocycles. The molecule has 0 bridgehead atoms. The number of rotatable bonds is 2. The van der Waals surface area contributed by atoms with E-state index in [9.17, 15) is 10.0 Å². The molecule has 7 nitrogen and oxygen atoms in total. The Labute approximate surface area is 83.5 Å². The summed E-state index contributed by atoms with van der Waals surface area (Å²) >= 11 is 0. The summed E-state index contributed by atoms with van der Waals surface area (Å²) in [7, 11) is 0. The molecule has 0 fully saturated rings. The number of nitrogens with zero attached hydrogens (tertiary/aromatic N) is 2. The van der Waals surface area contributed by atoms with Gasteiger partial charge in [0.1, 0.15) is 0 Å². The lowest BCUT2D eigenvalue weighted by Crippen LogP contribution is -2.06. The lowest BCUT2D eigenvalue weighted by molar-refractivity contribution is 0.296. The normalized spacial score (nSPS) is 10.3. The molecular weight excluding hydrogens is 200 g/mol. The van der Waals surface area contributed by atoms with Crippen LogP contribution in [0.5, 0.6) is 0 Å². The number of anilines is 1. The second-order valence-corrected chi connectivity index (χ2v) is 2.85. The monoisotopic (exact) mass is 207 g/mol. The molecule has 0 amide bonds. The summed E-state index contributed by atoms with van der Waals surface area (Å²) in [5.41, 5.74) is 0.162. The fourth-order valence-corrected chi connectivity index (χ4v) is 1.18. The summed E-state index contributed by atoms with van der Waals surface area (Å²) in [4.78, 5) is 13.2. The van der Waals surface area contributed by atoms with Crippen molar-refractivity contribution in [2.24, 2.45) is 0 Å². The molecular formula is C8H7N4O3-. The van der Waals surface area contributed by atoms with Crippen molar-refractivity contribution < 1.29 is 5.21 Å². The highest BCUT2D eigenvalue weighted by atomic mass is 16.8. The van der Waals surface area contributed by atoms with Gasteiger partial charge < -0.3 is 10.4 Å². The van der Waals surface area contributed by atoms with Crippen LogP contribution in [0.2, 0.25) is 0 Å². The minimum Gasteiger partial charge on any atom is -0.733 e. The first kappa shape index (κ1) is 9.44. The van der Waals surface area contributed by atoms with E-state index in [0.29, 0.717) is 11.4 Å². The van der Waals surface area contributed by atoms with Crippen LogP contribution in [0.1, 0.15) is 0 Å². The first-order valence-electron chi connectivity index (χ1n) is 4.08. The first-order valence-corrected chi connectivity index (χ1v) is 4.08. The lowest BCUT2D eigenvalue weighted by atomic mass is 10.2. The molecule has 0 aliphatic heterocycles. The van der Waals surface area contributed by atoms with Gasteiger partial charge in [-0.15, -0.1) is 0 Å². The van der Waals surface area contributed by atoms with E-state index >= 15 is 0 Å². The van der Waals surface area contributed by atoms with Crippen molar-refractivity contribution in [3.05, 3.63) is 40.0 Å². The molecule has 0 aliphatic rings. The van der Waals surface area contributed by atoms with Crippen LogP contribution in [-0.2, 0) is 0 Å². The third-order valence-electron chi connectivity index (χ3n) is 1.84. The fraction of sp³-hybridized carbons (Fsp3) is 0. The molecule has 0 atom stereocenters. The van der Waals surface area contributed by atoms with E-state index in [1.165, 1.54) is 12.1 Å². The number of hydrogen-bond donors (Lipinski definition) is 3. The van der Waals surface area contributed by atoms with Gasteiger partial charge in [0.25, 0.3) is 0 Å². The molecule has 0 saturated heterocycles. The topological polar surface area (TPSA) is 108 Å². The minimum atomic E-state index is -0.432. The molecule has 1 heterocycles. The van der Waals surface area contributed by atoms with Gasteiger partial charge in [-0.2, -0.15) is 5.10 Å². The zero-order valence-electron chi connectivity index (χ0n) is 7.47. The Kier molecular flexibility index (Phi) is 2.24. The zero-order chi connectivity index (χ0) is 10.8. The summed E-state index contributed by atoms with van der Waals surface area (Å²) in [6.45, 7) is 0. The van der Waals surface area contributed by atoms with Crippen LogP contribution >= 0.6 is 0 Å². The van der Waals surface area contributed by atoms with Crippen molar-refractivity contribution in [1.82, 2.24) is 15.2 Å². The Balaban J connectivity index is 2.45. The molecule has 1 aromatic carbocycles. The zero-order valence-corrected chi connectivity index (χ0v) is 7.47. The van der Waals surface area contributed by atoms with Crippen molar-refractivity contribution in [2.45, 2.75) is 0 Å². The average Bonchev–Trinajstić information content (AvgIpc) is 2.65. The predicted molar refractivity (Wildman–Crippen MR) is 52.3 cm³/mol. The van der Waals surface area contributed by atoms with Crippen LogP contribution in [0.15, 0.2) is 29.1 Å². The van der Waals surface area contributed by atoms with E-state index in [1.54, 1.807) is 12.1 Å². The van der Waals surface area contributed by atoms with Crippen LogP contribution in [0.3, 0.4) is 0 Å². The van der Waals surface area contributed by atoms with Crippen LogP contribution in [0.25, 0.3) is 11.4 Å². The van der Waals surface area contributed by atoms with Crippen molar-refractivity contribution in [3.8, 4) is 11.4 Å². The first-order chi connectivity index (χ1) is 7.16. The Morgan fingerprint density at radius 1 is 1.47 bits per heavy atom. The van der Waals surface area contributed by atoms with Gasteiger partial charge in [0, 0.05) is 5.56 Å². The highest BCUT2D eigenvalue weighted by Gasteiger charge is 2.03. The quantitative estimate of drug-likeness (QED) is 0.620. The number of aromatic amines is 2. The average molecular weight is 207 g/mol. The van der Waals surface area contributed by atoms with Crippen molar-refractivity contribution in [2.75, 3.05) is 5.23 Å². The van der Waals surface area contributed by atoms with Gasteiger partial charge in [-0.1, -0.05) is 12.1 Å². The van der Waals surface area contributed by atoms with Crippen molar-refractivity contribution in [1.29, 1.82) is 0 Å². The molecule has 15 heavy (non-hydrogen) atoms.